The van der Waals surface area contributed by atoms with Crippen molar-refractivity contribution < 1.29 is 23.8 Å². The number of fused-ring (bicyclic) bond motifs is 1. The Balaban J connectivity index is 1.63. The predicted molar refractivity (Wildman–Crippen MR) is 137 cm³/mol. The molecule has 0 radical (unpaired) electrons. The fourth-order valence-corrected chi connectivity index (χ4v) is 3.81. The highest BCUT2D eigenvalue weighted by molar-refractivity contribution is 6.34. The van der Waals surface area contributed by atoms with Crippen LogP contribution in [0.4, 0.5) is 11.4 Å². The maximum absolute atomic E-state index is 13.0. The van der Waals surface area contributed by atoms with Gasteiger partial charge in [0.05, 0.1) is 40.7 Å². The normalized spacial score (nSPS) is 12.0. The van der Waals surface area contributed by atoms with Crippen molar-refractivity contribution in [3.05, 3.63) is 82.4 Å². The molecule has 0 saturated carbocycles. The molecule has 1 aliphatic heterocycles. The van der Waals surface area contributed by atoms with Gasteiger partial charge in [-0.2, -0.15) is 0 Å². The molecule has 0 unspecified atom stereocenters. The highest BCUT2D eigenvalue weighted by Gasteiger charge is 2.21. The third-order valence-electron chi connectivity index (χ3n) is 5.22. The van der Waals surface area contributed by atoms with Gasteiger partial charge in [-0.3, -0.25) is 9.59 Å². The van der Waals surface area contributed by atoms with Gasteiger partial charge in [-0.15, -0.1) is 0 Å². The van der Waals surface area contributed by atoms with Crippen molar-refractivity contribution in [3.8, 4) is 17.2 Å². The van der Waals surface area contributed by atoms with Crippen LogP contribution in [-0.4, -0.2) is 31.6 Å². The summed E-state index contributed by atoms with van der Waals surface area (Å²) < 4.78 is 17.2. The number of rotatable bonds is 8. The van der Waals surface area contributed by atoms with Crippen molar-refractivity contribution in [2.24, 2.45) is 0 Å². The Bertz CT molecular complexity index is 1290. The standard InChI is InChI=1S/C27H25ClN2O5/c1-3-33-24-15-22(30-27(32)19-10-6-7-11-20(19)28)25(34-4-2)14-21(24)29-26(31)18-13-17-9-5-8-12-23(17)35-16-18/h5-15H,3-4,16H2,1-2H3,(H,29,31)(H,30,32). The van der Waals surface area contributed by atoms with Gasteiger partial charge in [-0.1, -0.05) is 41.9 Å². The first-order chi connectivity index (χ1) is 17.0. The molecule has 3 aromatic rings. The molecule has 1 heterocycles. The maximum atomic E-state index is 13.0. The van der Waals surface area contributed by atoms with E-state index in [4.69, 9.17) is 25.8 Å². The van der Waals surface area contributed by atoms with Crippen molar-refractivity contribution in [1.82, 2.24) is 0 Å². The van der Waals surface area contributed by atoms with Crippen molar-refractivity contribution in [2.45, 2.75) is 13.8 Å². The molecule has 0 spiro atoms. The van der Waals surface area contributed by atoms with Crippen molar-refractivity contribution in [1.29, 1.82) is 0 Å². The molecular formula is C27H25ClN2O5. The summed E-state index contributed by atoms with van der Waals surface area (Å²) in [7, 11) is 0. The van der Waals surface area contributed by atoms with Gasteiger partial charge in [0.25, 0.3) is 11.8 Å². The lowest BCUT2D eigenvalue weighted by atomic mass is 10.1. The summed E-state index contributed by atoms with van der Waals surface area (Å²) in [5, 5.41) is 6.06. The summed E-state index contributed by atoms with van der Waals surface area (Å²) in [6.07, 6.45) is 1.80. The number of amides is 2. The molecule has 7 nitrogen and oxygen atoms in total. The van der Waals surface area contributed by atoms with E-state index in [0.29, 0.717) is 52.2 Å². The Morgan fingerprint density at radius 2 is 1.49 bits per heavy atom. The molecule has 0 saturated heterocycles. The van der Waals surface area contributed by atoms with E-state index in [1.165, 1.54) is 0 Å². The van der Waals surface area contributed by atoms with Crippen LogP contribution in [0.5, 0.6) is 17.2 Å². The second-order valence-corrected chi connectivity index (χ2v) is 8.00. The van der Waals surface area contributed by atoms with Crippen LogP contribution < -0.4 is 24.8 Å². The molecule has 0 aromatic heterocycles. The molecule has 0 aliphatic carbocycles. The van der Waals surface area contributed by atoms with Crippen LogP contribution in [-0.2, 0) is 4.79 Å². The lowest BCUT2D eigenvalue weighted by Gasteiger charge is -2.20. The fourth-order valence-electron chi connectivity index (χ4n) is 3.59. The highest BCUT2D eigenvalue weighted by atomic mass is 35.5. The van der Waals surface area contributed by atoms with Crippen molar-refractivity contribution >= 4 is 40.9 Å². The predicted octanol–water partition coefficient (Wildman–Crippen LogP) is 5.80. The second-order valence-electron chi connectivity index (χ2n) is 7.59. The van der Waals surface area contributed by atoms with Crippen LogP contribution in [0.25, 0.3) is 6.08 Å². The van der Waals surface area contributed by atoms with Crippen LogP contribution in [0, 0.1) is 0 Å². The number of benzene rings is 3. The average Bonchev–Trinajstić information content (AvgIpc) is 2.86. The van der Waals surface area contributed by atoms with Crippen molar-refractivity contribution in [3.63, 3.8) is 0 Å². The summed E-state index contributed by atoms with van der Waals surface area (Å²) >= 11 is 6.18. The van der Waals surface area contributed by atoms with Gasteiger partial charge in [0.2, 0.25) is 0 Å². The molecule has 0 atom stereocenters. The SMILES string of the molecule is CCOc1cc(NC(=O)c2ccccc2Cl)c(OCC)cc1NC(=O)C1=Cc2ccccc2OC1. The molecule has 180 valence electrons. The molecule has 0 bridgehead atoms. The minimum absolute atomic E-state index is 0.150. The van der Waals surface area contributed by atoms with Crippen molar-refractivity contribution in [2.75, 3.05) is 30.5 Å². The first-order valence-electron chi connectivity index (χ1n) is 11.2. The van der Waals surface area contributed by atoms with E-state index < -0.39 is 0 Å². The Labute approximate surface area is 208 Å². The third-order valence-corrected chi connectivity index (χ3v) is 5.55. The number of nitrogens with one attached hydrogen (secondary N) is 2. The Kier molecular flexibility index (Phi) is 7.57. The largest absolute Gasteiger partial charge is 0.492 e. The van der Waals surface area contributed by atoms with E-state index >= 15 is 0 Å². The van der Waals surface area contributed by atoms with Gasteiger partial charge in [-0.25, -0.2) is 0 Å². The smallest absolute Gasteiger partial charge is 0.257 e. The van der Waals surface area contributed by atoms with Crippen LogP contribution in [0.15, 0.2) is 66.2 Å². The monoisotopic (exact) mass is 492 g/mol. The number of ether oxygens (including phenoxy) is 3. The van der Waals surface area contributed by atoms with Gasteiger partial charge in [0, 0.05) is 17.7 Å². The molecule has 35 heavy (non-hydrogen) atoms. The summed E-state index contributed by atoms with van der Waals surface area (Å²) in [4.78, 5) is 25.9. The van der Waals surface area contributed by atoms with Crippen LogP contribution in [0.1, 0.15) is 29.8 Å². The van der Waals surface area contributed by atoms with E-state index in [1.807, 2.05) is 38.1 Å². The quantitative estimate of drug-likeness (QED) is 0.415. The van der Waals surface area contributed by atoms with Crippen LogP contribution >= 0.6 is 11.6 Å². The van der Waals surface area contributed by atoms with Gasteiger partial charge >= 0.3 is 0 Å². The topological polar surface area (TPSA) is 85.9 Å². The lowest BCUT2D eigenvalue weighted by Crippen LogP contribution is -2.22. The number of halogens is 1. The Morgan fingerprint density at radius 1 is 0.886 bits per heavy atom. The minimum atomic E-state index is -0.390. The molecule has 8 heteroatoms. The zero-order valence-corrected chi connectivity index (χ0v) is 20.1. The molecule has 3 aromatic carbocycles. The molecule has 2 amide bonds. The maximum Gasteiger partial charge on any atom is 0.257 e. The number of anilines is 2. The van der Waals surface area contributed by atoms with Gasteiger partial charge < -0.3 is 24.8 Å². The molecule has 2 N–H and O–H groups in total. The Morgan fingerprint density at radius 3 is 2.14 bits per heavy atom. The van der Waals surface area contributed by atoms with Gasteiger partial charge in [0.15, 0.2) is 0 Å². The van der Waals surface area contributed by atoms with Gasteiger partial charge in [0.1, 0.15) is 23.9 Å². The Hall–Kier alpha value is -3.97. The second kappa shape index (κ2) is 11.0. The van der Waals surface area contributed by atoms with Crippen LogP contribution in [0.2, 0.25) is 5.02 Å². The number of carbonyl (C=O) groups excluding carboxylic acids is 2. The van der Waals surface area contributed by atoms with Gasteiger partial charge in [-0.05, 0) is 38.1 Å². The zero-order valence-electron chi connectivity index (χ0n) is 19.4. The summed E-state index contributed by atoms with van der Waals surface area (Å²) in [5.41, 5.74) is 2.45. The summed E-state index contributed by atoms with van der Waals surface area (Å²) in [6.45, 7) is 4.52. The highest BCUT2D eigenvalue weighted by Crippen LogP contribution is 2.38. The number of hydrogen-bond acceptors (Lipinski definition) is 5. The molecule has 4 rings (SSSR count). The molecule has 0 fully saturated rings. The van der Waals surface area contributed by atoms with E-state index in [-0.39, 0.29) is 18.4 Å². The lowest BCUT2D eigenvalue weighted by molar-refractivity contribution is -0.113. The molecular weight excluding hydrogens is 468 g/mol. The summed E-state index contributed by atoms with van der Waals surface area (Å²) in [5.74, 6) is 0.786. The van der Waals surface area contributed by atoms with E-state index in [0.717, 1.165) is 11.3 Å². The molecule has 1 aliphatic rings. The van der Waals surface area contributed by atoms with E-state index in [2.05, 4.69) is 10.6 Å². The number of para-hydroxylation sites is 1. The van der Waals surface area contributed by atoms with Crippen LogP contribution in [0.3, 0.4) is 0 Å². The average molecular weight is 493 g/mol. The first-order valence-corrected chi connectivity index (χ1v) is 11.6. The first kappa shape index (κ1) is 24.2. The fraction of sp³-hybridized carbons (Fsp3) is 0.185. The van der Waals surface area contributed by atoms with E-state index in [9.17, 15) is 9.59 Å². The minimum Gasteiger partial charge on any atom is -0.492 e. The summed E-state index contributed by atoms with van der Waals surface area (Å²) in [6, 6.07) is 17.5. The zero-order chi connectivity index (χ0) is 24.8. The number of carbonyl (C=O) groups is 2. The van der Waals surface area contributed by atoms with E-state index in [1.54, 1.807) is 42.5 Å². The third kappa shape index (κ3) is 5.58. The number of hydrogen-bond donors (Lipinski definition) is 2.